The van der Waals surface area contributed by atoms with Crippen LogP contribution in [0.25, 0.3) is 0 Å². The third-order valence-electron chi connectivity index (χ3n) is 2.45. The fourth-order valence-corrected chi connectivity index (χ4v) is 2.50. The second-order valence-electron chi connectivity index (χ2n) is 3.88. The standard InChI is InChI=1S/C13H18O5S/c1-4-17-12(15)10(13(16)18-5-2)11(14)9-7-6-8(3)19-9/h6-7,10-11,14H,4-5H2,1-3H3. The van der Waals surface area contributed by atoms with Crippen molar-refractivity contribution in [3.63, 3.8) is 0 Å². The van der Waals surface area contributed by atoms with Gasteiger partial charge in [-0.15, -0.1) is 11.3 Å². The molecule has 1 N–H and O–H groups in total. The van der Waals surface area contributed by atoms with E-state index in [0.29, 0.717) is 4.88 Å². The molecule has 5 nitrogen and oxygen atoms in total. The third-order valence-corrected chi connectivity index (χ3v) is 3.52. The Balaban J connectivity index is 2.95. The molecule has 0 fully saturated rings. The van der Waals surface area contributed by atoms with Crippen molar-refractivity contribution in [2.24, 2.45) is 5.92 Å². The highest BCUT2D eigenvalue weighted by atomic mass is 32.1. The van der Waals surface area contributed by atoms with Crippen LogP contribution in [0, 0.1) is 12.8 Å². The number of aliphatic hydroxyl groups is 1. The molecule has 0 radical (unpaired) electrons. The lowest BCUT2D eigenvalue weighted by atomic mass is 10.0. The highest BCUT2D eigenvalue weighted by molar-refractivity contribution is 7.12. The average molecular weight is 286 g/mol. The van der Waals surface area contributed by atoms with Gasteiger partial charge in [-0.2, -0.15) is 0 Å². The van der Waals surface area contributed by atoms with Crippen molar-refractivity contribution in [1.29, 1.82) is 0 Å². The van der Waals surface area contributed by atoms with Gasteiger partial charge in [-0.25, -0.2) is 0 Å². The molecule has 0 aliphatic carbocycles. The molecular weight excluding hydrogens is 268 g/mol. The van der Waals surface area contributed by atoms with E-state index in [2.05, 4.69) is 0 Å². The molecule has 1 rings (SSSR count). The summed E-state index contributed by atoms with van der Waals surface area (Å²) < 4.78 is 9.65. The van der Waals surface area contributed by atoms with Gasteiger partial charge in [-0.3, -0.25) is 9.59 Å². The molecular formula is C13H18O5S. The number of hydrogen-bond donors (Lipinski definition) is 1. The number of carbonyl (C=O) groups is 2. The molecule has 0 bridgehead atoms. The Morgan fingerprint density at radius 3 is 2.11 bits per heavy atom. The summed E-state index contributed by atoms with van der Waals surface area (Å²) in [5.41, 5.74) is 0. The van der Waals surface area contributed by atoms with E-state index in [1.807, 2.05) is 13.0 Å². The number of aryl methyl sites for hydroxylation is 1. The van der Waals surface area contributed by atoms with Gasteiger partial charge in [0.1, 0.15) is 6.10 Å². The van der Waals surface area contributed by atoms with Crippen LogP contribution in [0.2, 0.25) is 0 Å². The molecule has 1 heterocycles. The van der Waals surface area contributed by atoms with Crippen molar-refractivity contribution in [3.05, 3.63) is 21.9 Å². The largest absolute Gasteiger partial charge is 0.465 e. The van der Waals surface area contributed by atoms with Gasteiger partial charge in [0.25, 0.3) is 0 Å². The van der Waals surface area contributed by atoms with E-state index >= 15 is 0 Å². The maximum Gasteiger partial charge on any atom is 0.323 e. The summed E-state index contributed by atoms with van der Waals surface area (Å²) in [7, 11) is 0. The maximum atomic E-state index is 11.8. The Morgan fingerprint density at radius 2 is 1.74 bits per heavy atom. The molecule has 0 saturated carbocycles. The number of thiophene rings is 1. The first-order valence-corrected chi connectivity index (χ1v) is 6.90. The summed E-state index contributed by atoms with van der Waals surface area (Å²) in [4.78, 5) is 25.1. The van der Waals surface area contributed by atoms with Gasteiger partial charge in [0, 0.05) is 9.75 Å². The Kier molecular flexibility index (Phi) is 5.98. The van der Waals surface area contributed by atoms with Gasteiger partial charge in [0.05, 0.1) is 13.2 Å². The Morgan fingerprint density at radius 1 is 1.21 bits per heavy atom. The molecule has 106 valence electrons. The van der Waals surface area contributed by atoms with E-state index in [1.54, 1.807) is 19.9 Å². The van der Waals surface area contributed by atoms with Gasteiger partial charge >= 0.3 is 11.9 Å². The predicted molar refractivity (Wildman–Crippen MR) is 70.8 cm³/mol. The second-order valence-corrected chi connectivity index (χ2v) is 5.19. The zero-order chi connectivity index (χ0) is 14.4. The van der Waals surface area contributed by atoms with Crippen LogP contribution < -0.4 is 0 Å². The number of hydrogen-bond acceptors (Lipinski definition) is 6. The first kappa shape index (κ1) is 15.7. The van der Waals surface area contributed by atoms with E-state index in [4.69, 9.17) is 9.47 Å². The lowest BCUT2D eigenvalue weighted by molar-refractivity contribution is -0.167. The summed E-state index contributed by atoms with van der Waals surface area (Å²) in [6.07, 6.45) is -1.24. The summed E-state index contributed by atoms with van der Waals surface area (Å²) in [5.74, 6) is -2.86. The Hall–Kier alpha value is -1.40. The molecule has 6 heteroatoms. The topological polar surface area (TPSA) is 72.8 Å². The number of carbonyl (C=O) groups excluding carboxylic acids is 2. The number of rotatable bonds is 6. The number of esters is 2. The Bertz CT molecular complexity index is 422. The molecule has 0 amide bonds. The van der Waals surface area contributed by atoms with E-state index in [1.165, 1.54) is 11.3 Å². The average Bonchev–Trinajstić information content (AvgIpc) is 2.76. The van der Waals surface area contributed by atoms with E-state index in [-0.39, 0.29) is 13.2 Å². The molecule has 1 aromatic rings. The van der Waals surface area contributed by atoms with Crippen LogP contribution in [-0.2, 0) is 19.1 Å². The predicted octanol–water partition coefficient (Wildman–Crippen LogP) is 1.83. The van der Waals surface area contributed by atoms with Gasteiger partial charge in [0.15, 0.2) is 5.92 Å². The second kappa shape index (κ2) is 7.25. The quantitative estimate of drug-likeness (QED) is 0.638. The van der Waals surface area contributed by atoms with Gasteiger partial charge in [-0.05, 0) is 32.9 Å². The minimum absolute atomic E-state index is 0.144. The molecule has 19 heavy (non-hydrogen) atoms. The van der Waals surface area contributed by atoms with Crippen molar-refractivity contribution < 1.29 is 24.2 Å². The minimum atomic E-state index is -1.34. The van der Waals surface area contributed by atoms with Gasteiger partial charge in [-0.1, -0.05) is 0 Å². The van der Waals surface area contributed by atoms with Crippen molar-refractivity contribution >= 4 is 23.3 Å². The first-order valence-electron chi connectivity index (χ1n) is 6.08. The van der Waals surface area contributed by atoms with E-state index in [9.17, 15) is 14.7 Å². The number of ether oxygens (including phenoxy) is 2. The molecule has 1 atom stereocenters. The van der Waals surface area contributed by atoms with Crippen LogP contribution in [0.5, 0.6) is 0 Å². The summed E-state index contributed by atoms with van der Waals surface area (Å²) in [6.45, 7) is 5.45. The summed E-state index contributed by atoms with van der Waals surface area (Å²) >= 11 is 1.33. The monoisotopic (exact) mass is 286 g/mol. The fourth-order valence-electron chi connectivity index (χ4n) is 1.59. The molecule has 0 spiro atoms. The summed E-state index contributed by atoms with van der Waals surface area (Å²) in [5, 5.41) is 10.2. The molecule has 0 aromatic carbocycles. The highest BCUT2D eigenvalue weighted by Gasteiger charge is 2.38. The van der Waals surface area contributed by atoms with E-state index < -0.39 is 24.0 Å². The third kappa shape index (κ3) is 4.04. The zero-order valence-corrected chi connectivity index (χ0v) is 12.0. The molecule has 1 unspecified atom stereocenters. The first-order chi connectivity index (χ1) is 9.01. The van der Waals surface area contributed by atoms with Crippen LogP contribution in [0.1, 0.15) is 29.7 Å². The SMILES string of the molecule is CCOC(=O)C(C(=O)OCC)C(O)c1ccc(C)s1. The molecule has 1 aromatic heterocycles. The van der Waals surface area contributed by atoms with Gasteiger partial charge < -0.3 is 14.6 Å². The smallest absolute Gasteiger partial charge is 0.323 e. The maximum absolute atomic E-state index is 11.8. The number of aliphatic hydroxyl groups excluding tert-OH is 1. The molecule has 0 aliphatic rings. The summed E-state index contributed by atoms with van der Waals surface area (Å²) in [6, 6.07) is 3.51. The van der Waals surface area contributed by atoms with Crippen molar-refractivity contribution in [2.45, 2.75) is 26.9 Å². The Labute approximate surface area is 116 Å². The van der Waals surface area contributed by atoms with Crippen LogP contribution in [-0.4, -0.2) is 30.3 Å². The molecule has 0 aliphatic heterocycles. The highest BCUT2D eigenvalue weighted by Crippen LogP contribution is 2.30. The van der Waals surface area contributed by atoms with Crippen LogP contribution in [0.3, 0.4) is 0 Å². The van der Waals surface area contributed by atoms with Gasteiger partial charge in [0.2, 0.25) is 0 Å². The van der Waals surface area contributed by atoms with Crippen LogP contribution in [0.15, 0.2) is 12.1 Å². The fraction of sp³-hybridized carbons (Fsp3) is 0.538. The lowest BCUT2D eigenvalue weighted by Gasteiger charge is -2.18. The van der Waals surface area contributed by atoms with Crippen LogP contribution in [0.4, 0.5) is 0 Å². The minimum Gasteiger partial charge on any atom is -0.465 e. The van der Waals surface area contributed by atoms with Crippen molar-refractivity contribution in [1.82, 2.24) is 0 Å². The van der Waals surface area contributed by atoms with Crippen molar-refractivity contribution in [2.75, 3.05) is 13.2 Å². The normalized spacial score (nSPS) is 12.3. The lowest BCUT2D eigenvalue weighted by Crippen LogP contribution is -2.33. The zero-order valence-electron chi connectivity index (χ0n) is 11.2. The molecule has 0 saturated heterocycles. The van der Waals surface area contributed by atoms with Crippen LogP contribution >= 0.6 is 11.3 Å². The van der Waals surface area contributed by atoms with E-state index in [0.717, 1.165) is 4.88 Å². The van der Waals surface area contributed by atoms with Crippen molar-refractivity contribution in [3.8, 4) is 0 Å².